The van der Waals surface area contributed by atoms with E-state index in [4.69, 9.17) is 23.2 Å². The Labute approximate surface area is 93.4 Å². The van der Waals surface area contributed by atoms with Gasteiger partial charge >= 0.3 is 0 Å². The van der Waals surface area contributed by atoms with Gasteiger partial charge in [-0.25, -0.2) is 0 Å². The van der Waals surface area contributed by atoms with E-state index in [-0.39, 0.29) is 5.91 Å². The van der Waals surface area contributed by atoms with Crippen molar-refractivity contribution in [3.63, 3.8) is 0 Å². The normalized spacial score (nSPS) is 12.3. The minimum atomic E-state index is -0.440. The van der Waals surface area contributed by atoms with Crippen molar-refractivity contribution in [1.82, 2.24) is 4.90 Å². The lowest BCUT2D eigenvalue weighted by molar-refractivity contribution is -0.128. The van der Waals surface area contributed by atoms with Crippen LogP contribution < -0.4 is 0 Å². The second-order valence-corrected chi connectivity index (χ2v) is 3.87. The molecule has 0 bridgehead atoms. The SMILES string of the molecule is CC(=O)N(C)C(Cl)c1ccc(Cl)cc1. The van der Waals surface area contributed by atoms with E-state index in [0.29, 0.717) is 5.02 Å². The number of carbonyl (C=O) groups excluding carboxylic acids is 1. The van der Waals surface area contributed by atoms with Crippen LogP contribution in [0.1, 0.15) is 18.0 Å². The van der Waals surface area contributed by atoms with Crippen LogP contribution in [-0.2, 0) is 4.79 Å². The van der Waals surface area contributed by atoms with Crippen LogP contribution in [0.15, 0.2) is 24.3 Å². The molecule has 0 aliphatic carbocycles. The summed E-state index contributed by atoms with van der Waals surface area (Å²) in [7, 11) is 1.66. The van der Waals surface area contributed by atoms with Crippen molar-refractivity contribution >= 4 is 29.1 Å². The van der Waals surface area contributed by atoms with Gasteiger partial charge in [-0.15, -0.1) is 0 Å². The topological polar surface area (TPSA) is 20.3 Å². The van der Waals surface area contributed by atoms with Crippen LogP contribution >= 0.6 is 23.2 Å². The first kappa shape index (κ1) is 11.3. The molecule has 1 aromatic carbocycles. The van der Waals surface area contributed by atoms with Gasteiger partial charge in [0.2, 0.25) is 5.91 Å². The molecule has 0 aliphatic rings. The minimum absolute atomic E-state index is 0.0695. The van der Waals surface area contributed by atoms with E-state index in [0.717, 1.165) is 5.56 Å². The summed E-state index contributed by atoms with van der Waals surface area (Å²) in [5, 5.41) is 0.656. The molecule has 0 heterocycles. The highest BCUT2D eigenvalue weighted by Crippen LogP contribution is 2.24. The molecule has 1 atom stereocenters. The van der Waals surface area contributed by atoms with E-state index in [1.54, 1.807) is 31.3 Å². The Kier molecular flexibility index (Phi) is 3.78. The van der Waals surface area contributed by atoms with Gasteiger partial charge in [0.15, 0.2) is 0 Å². The number of hydrogen-bond acceptors (Lipinski definition) is 1. The van der Waals surface area contributed by atoms with Crippen molar-refractivity contribution in [2.75, 3.05) is 7.05 Å². The molecule has 0 spiro atoms. The summed E-state index contributed by atoms with van der Waals surface area (Å²) in [6.07, 6.45) is 0. The molecule has 0 saturated carbocycles. The maximum absolute atomic E-state index is 11.0. The Bertz CT molecular complexity index is 323. The number of halogens is 2. The number of hydrogen-bond donors (Lipinski definition) is 0. The molecule has 2 nitrogen and oxygen atoms in total. The lowest BCUT2D eigenvalue weighted by Crippen LogP contribution is -2.25. The quantitative estimate of drug-likeness (QED) is 0.566. The van der Waals surface area contributed by atoms with Crippen LogP contribution in [0, 0.1) is 0 Å². The maximum atomic E-state index is 11.0. The first-order valence-corrected chi connectivity index (χ1v) is 4.96. The predicted molar refractivity (Wildman–Crippen MR) is 58.5 cm³/mol. The van der Waals surface area contributed by atoms with Crippen molar-refractivity contribution < 1.29 is 4.79 Å². The van der Waals surface area contributed by atoms with Crippen LogP contribution in [0.25, 0.3) is 0 Å². The molecule has 0 aromatic heterocycles. The second kappa shape index (κ2) is 4.67. The number of nitrogens with zero attached hydrogens (tertiary/aromatic N) is 1. The minimum Gasteiger partial charge on any atom is -0.325 e. The molecule has 0 fully saturated rings. The van der Waals surface area contributed by atoms with Gasteiger partial charge in [0.25, 0.3) is 0 Å². The van der Waals surface area contributed by atoms with Crippen molar-refractivity contribution in [2.24, 2.45) is 0 Å². The molecule has 1 amide bonds. The van der Waals surface area contributed by atoms with Gasteiger partial charge < -0.3 is 4.90 Å². The van der Waals surface area contributed by atoms with Gasteiger partial charge in [-0.2, -0.15) is 0 Å². The average molecular weight is 232 g/mol. The average Bonchev–Trinajstić information content (AvgIpc) is 2.16. The third-order valence-electron chi connectivity index (χ3n) is 1.98. The molecule has 0 aliphatic heterocycles. The Balaban J connectivity index is 2.84. The lowest BCUT2D eigenvalue weighted by atomic mass is 10.2. The Morgan fingerprint density at radius 2 is 1.86 bits per heavy atom. The summed E-state index contributed by atoms with van der Waals surface area (Å²) >= 11 is 11.8. The molecule has 1 aromatic rings. The van der Waals surface area contributed by atoms with Crippen LogP contribution in [0.2, 0.25) is 5.02 Å². The predicted octanol–water partition coefficient (Wildman–Crippen LogP) is 3.06. The Hall–Kier alpha value is -0.730. The van der Waals surface area contributed by atoms with Gasteiger partial charge in [0.1, 0.15) is 5.50 Å². The molecular formula is C10H11Cl2NO. The van der Waals surface area contributed by atoms with E-state index in [1.165, 1.54) is 11.8 Å². The van der Waals surface area contributed by atoms with Crippen LogP contribution in [0.4, 0.5) is 0 Å². The molecule has 0 radical (unpaired) electrons. The standard InChI is InChI=1S/C10H11Cl2NO/c1-7(14)13(2)10(12)8-3-5-9(11)6-4-8/h3-6,10H,1-2H3. The summed E-state index contributed by atoms with van der Waals surface area (Å²) in [6.45, 7) is 1.48. The number of benzene rings is 1. The zero-order valence-corrected chi connectivity index (χ0v) is 9.51. The summed E-state index contributed by atoms with van der Waals surface area (Å²) in [5.41, 5.74) is 0.415. The highest BCUT2D eigenvalue weighted by Gasteiger charge is 2.15. The fourth-order valence-corrected chi connectivity index (χ4v) is 1.41. The molecule has 0 saturated heterocycles. The fourth-order valence-electron chi connectivity index (χ4n) is 1.00. The van der Waals surface area contributed by atoms with E-state index in [2.05, 4.69) is 0 Å². The molecule has 76 valence electrons. The molecular weight excluding hydrogens is 221 g/mol. The molecule has 14 heavy (non-hydrogen) atoms. The zero-order valence-electron chi connectivity index (χ0n) is 8.00. The third kappa shape index (κ3) is 2.63. The number of rotatable bonds is 2. The van der Waals surface area contributed by atoms with Gasteiger partial charge in [-0.05, 0) is 17.7 Å². The Morgan fingerprint density at radius 3 is 2.29 bits per heavy atom. The lowest BCUT2D eigenvalue weighted by Gasteiger charge is -2.21. The van der Waals surface area contributed by atoms with Gasteiger partial charge in [-0.3, -0.25) is 4.79 Å². The summed E-state index contributed by atoms with van der Waals surface area (Å²) in [5.74, 6) is -0.0695. The number of alkyl halides is 1. The maximum Gasteiger partial charge on any atom is 0.220 e. The molecule has 1 unspecified atom stereocenters. The molecule has 4 heteroatoms. The monoisotopic (exact) mass is 231 g/mol. The second-order valence-electron chi connectivity index (χ2n) is 3.02. The number of amides is 1. The first-order chi connectivity index (χ1) is 6.52. The van der Waals surface area contributed by atoms with E-state index in [9.17, 15) is 4.79 Å². The first-order valence-electron chi connectivity index (χ1n) is 4.15. The third-order valence-corrected chi connectivity index (χ3v) is 2.78. The van der Waals surface area contributed by atoms with Crippen molar-refractivity contribution in [2.45, 2.75) is 12.4 Å². The smallest absolute Gasteiger partial charge is 0.220 e. The van der Waals surface area contributed by atoms with E-state index < -0.39 is 5.50 Å². The summed E-state index contributed by atoms with van der Waals surface area (Å²) in [4.78, 5) is 12.5. The van der Waals surface area contributed by atoms with Gasteiger partial charge in [0, 0.05) is 19.0 Å². The summed E-state index contributed by atoms with van der Waals surface area (Å²) in [6, 6.07) is 7.11. The van der Waals surface area contributed by atoms with Crippen LogP contribution in [-0.4, -0.2) is 17.9 Å². The zero-order chi connectivity index (χ0) is 10.7. The largest absolute Gasteiger partial charge is 0.325 e. The van der Waals surface area contributed by atoms with Crippen LogP contribution in [0.3, 0.4) is 0 Å². The highest BCUT2D eigenvalue weighted by molar-refractivity contribution is 6.30. The molecule has 0 N–H and O–H groups in total. The van der Waals surface area contributed by atoms with Crippen molar-refractivity contribution in [3.05, 3.63) is 34.9 Å². The van der Waals surface area contributed by atoms with Crippen molar-refractivity contribution in [3.8, 4) is 0 Å². The van der Waals surface area contributed by atoms with Gasteiger partial charge in [0.05, 0.1) is 0 Å². The van der Waals surface area contributed by atoms with Crippen molar-refractivity contribution in [1.29, 1.82) is 0 Å². The number of carbonyl (C=O) groups is 1. The fraction of sp³-hybridized carbons (Fsp3) is 0.300. The van der Waals surface area contributed by atoms with E-state index >= 15 is 0 Å². The van der Waals surface area contributed by atoms with Crippen LogP contribution in [0.5, 0.6) is 0 Å². The van der Waals surface area contributed by atoms with Gasteiger partial charge in [-0.1, -0.05) is 35.3 Å². The Morgan fingerprint density at radius 1 is 1.36 bits per heavy atom. The van der Waals surface area contributed by atoms with E-state index in [1.807, 2.05) is 0 Å². The molecule has 1 rings (SSSR count). The highest BCUT2D eigenvalue weighted by atomic mass is 35.5. The summed E-state index contributed by atoms with van der Waals surface area (Å²) < 4.78 is 0.